The van der Waals surface area contributed by atoms with Gasteiger partial charge in [0.15, 0.2) is 0 Å². The Morgan fingerprint density at radius 3 is 2.38 bits per heavy atom. The number of nitrogens with zero attached hydrogens (tertiary/aromatic N) is 1. The van der Waals surface area contributed by atoms with Crippen LogP contribution < -0.4 is 15.5 Å². The van der Waals surface area contributed by atoms with Gasteiger partial charge < -0.3 is 15.5 Å². The molecule has 5 nitrogen and oxygen atoms in total. The van der Waals surface area contributed by atoms with Crippen molar-refractivity contribution in [1.82, 2.24) is 5.32 Å². The molecular formula is C20H24BrN3O2. The van der Waals surface area contributed by atoms with Gasteiger partial charge in [0.1, 0.15) is 0 Å². The van der Waals surface area contributed by atoms with E-state index in [1.807, 2.05) is 30.3 Å². The Balaban J connectivity index is 1.88. The van der Waals surface area contributed by atoms with E-state index in [2.05, 4.69) is 52.2 Å². The number of carbonyl (C=O) groups is 2. The van der Waals surface area contributed by atoms with Gasteiger partial charge in [0.05, 0.1) is 6.54 Å². The van der Waals surface area contributed by atoms with Crippen LogP contribution in [0.15, 0.2) is 53.0 Å². The third-order valence-corrected chi connectivity index (χ3v) is 4.44. The Morgan fingerprint density at radius 1 is 1.12 bits per heavy atom. The standard InChI is InChI=1S/C20H24BrN3O2/c1-4-24(14(2)3)18-10-8-17(9-11-18)23-19(25)13-22-20(26)15-6-5-7-16(21)12-15/h5-12,14H,4,13H2,1-3H3,(H,22,26)(H,23,25). The van der Waals surface area contributed by atoms with Crippen molar-refractivity contribution in [1.29, 1.82) is 0 Å². The van der Waals surface area contributed by atoms with Gasteiger partial charge >= 0.3 is 0 Å². The van der Waals surface area contributed by atoms with Gasteiger partial charge in [-0.1, -0.05) is 22.0 Å². The number of halogens is 1. The van der Waals surface area contributed by atoms with Crippen molar-refractivity contribution >= 4 is 39.1 Å². The van der Waals surface area contributed by atoms with Crippen molar-refractivity contribution in [2.24, 2.45) is 0 Å². The smallest absolute Gasteiger partial charge is 0.251 e. The molecule has 2 N–H and O–H groups in total. The van der Waals surface area contributed by atoms with E-state index in [9.17, 15) is 9.59 Å². The highest BCUT2D eigenvalue weighted by molar-refractivity contribution is 9.10. The van der Waals surface area contributed by atoms with Gasteiger partial charge in [-0.05, 0) is 63.2 Å². The molecule has 6 heteroatoms. The molecule has 2 aromatic carbocycles. The summed E-state index contributed by atoms with van der Waals surface area (Å²) in [5.74, 6) is -0.551. The summed E-state index contributed by atoms with van der Waals surface area (Å²) in [5.41, 5.74) is 2.32. The minimum absolute atomic E-state index is 0.0832. The van der Waals surface area contributed by atoms with E-state index in [0.29, 0.717) is 17.3 Å². The first kappa shape index (κ1) is 20.0. The molecule has 138 valence electrons. The third kappa shape index (κ3) is 5.59. The van der Waals surface area contributed by atoms with Crippen LogP contribution in [0.4, 0.5) is 11.4 Å². The van der Waals surface area contributed by atoms with Crippen LogP contribution in [0.5, 0.6) is 0 Å². The summed E-state index contributed by atoms with van der Waals surface area (Å²) < 4.78 is 0.817. The first-order chi connectivity index (χ1) is 12.4. The second-order valence-electron chi connectivity index (χ2n) is 6.17. The maximum atomic E-state index is 12.1. The zero-order valence-electron chi connectivity index (χ0n) is 15.3. The zero-order chi connectivity index (χ0) is 19.1. The lowest BCUT2D eigenvalue weighted by Crippen LogP contribution is -2.33. The fourth-order valence-corrected chi connectivity index (χ4v) is 3.08. The summed E-state index contributed by atoms with van der Waals surface area (Å²) in [6.07, 6.45) is 0. The second-order valence-corrected chi connectivity index (χ2v) is 7.08. The van der Waals surface area contributed by atoms with Crippen LogP contribution in [0, 0.1) is 0 Å². The molecule has 0 unspecified atom stereocenters. The average Bonchev–Trinajstić information content (AvgIpc) is 2.61. The fraction of sp³-hybridized carbons (Fsp3) is 0.300. The number of hydrogen-bond acceptors (Lipinski definition) is 3. The van der Waals surface area contributed by atoms with E-state index in [1.54, 1.807) is 18.2 Å². The van der Waals surface area contributed by atoms with Crippen molar-refractivity contribution in [2.75, 3.05) is 23.3 Å². The highest BCUT2D eigenvalue weighted by Crippen LogP contribution is 2.19. The predicted octanol–water partition coefficient (Wildman–Crippen LogP) is 4.05. The van der Waals surface area contributed by atoms with Gasteiger partial charge in [-0.3, -0.25) is 9.59 Å². The van der Waals surface area contributed by atoms with Crippen molar-refractivity contribution in [3.8, 4) is 0 Å². The summed E-state index contributed by atoms with van der Waals surface area (Å²) in [6, 6.07) is 15.1. The monoisotopic (exact) mass is 417 g/mol. The molecule has 26 heavy (non-hydrogen) atoms. The maximum Gasteiger partial charge on any atom is 0.251 e. The lowest BCUT2D eigenvalue weighted by molar-refractivity contribution is -0.115. The third-order valence-electron chi connectivity index (χ3n) is 3.94. The number of hydrogen-bond donors (Lipinski definition) is 2. The van der Waals surface area contributed by atoms with Crippen LogP contribution in [0.3, 0.4) is 0 Å². The molecule has 0 aliphatic heterocycles. The van der Waals surface area contributed by atoms with Crippen molar-refractivity contribution < 1.29 is 9.59 Å². The van der Waals surface area contributed by atoms with Crippen LogP contribution in [0.1, 0.15) is 31.1 Å². The molecular weight excluding hydrogens is 394 g/mol. The minimum atomic E-state index is -0.285. The number of benzene rings is 2. The molecule has 0 saturated heterocycles. The highest BCUT2D eigenvalue weighted by atomic mass is 79.9. The molecule has 0 atom stereocenters. The molecule has 0 aliphatic rings. The lowest BCUT2D eigenvalue weighted by atomic mass is 10.2. The number of nitrogens with one attached hydrogen (secondary N) is 2. The molecule has 2 rings (SSSR count). The molecule has 0 fully saturated rings. The molecule has 0 aromatic heterocycles. The summed E-state index contributed by atoms with van der Waals surface area (Å²) in [7, 11) is 0. The van der Waals surface area contributed by atoms with Crippen LogP contribution in [0.25, 0.3) is 0 Å². The van der Waals surface area contributed by atoms with Gasteiger partial charge in [0, 0.05) is 34.0 Å². The van der Waals surface area contributed by atoms with Gasteiger partial charge in [0.25, 0.3) is 5.91 Å². The summed E-state index contributed by atoms with van der Waals surface area (Å²) in [5, 5.41) is 5.41. The van der Waals surface area contributed by atoms with Crippen molar-refractivity contribution in [2.45, 2.75) is 26.8 Å². The zero-order valence-corrected chi connectivity index (χ0v) is 16.8. The largest absolute Gasteiger partial charge is 0.369 e. The van der Waals surface area contributed by atoms with Crippen molar-refractivity contribution in [3.63, 3.8) is 0 Å². The molecule has 0 heterocycles. The number of anilines is 2. The van der Waals surface area contributed by atoms with E-state index < -0.39 is 0 Å². The van der Waals surface area contributed by atoms with Crippen LogP contribution in [-0.2, 0) is 4.79 Å². The van der Waals surface area contributed by atoms with E-state index in [0.717, 1.165) is 16.7 Å². The topological polar surface area (TPSA) is 61.4 Å². The van der Waals surface area contributed by atoms with Gasteiger partial charge in [-0.15, -0.1) is 0 Å². The first-order valence-electron chi connectivity index (χ1n) is 8.61. The molecule has 2 amide bonds. The first-order valence-corrected chi connectivity index (χ1v) is 9.40. The molecule has 0 saturated carbocycles. The maximum absolute atomic E-state index is 12.1. The van der Waals surface area contributed by atoms with E-state index in [4.69, 9.17) is 0 Å². The van der Waals surface area contributed by atoms with E-state index in [1.165, 1.54) is 0 Å². The Hall–Kier alpha value is -2.34. The summed E-state index contributed by atoms with van der Waals surface area (Å²) in [4.78, 5) is 26.4. The number of amides is 2. The molecule has 0 bridgehead atoms. The second kappa shape index (κ2) is 9.38. The minimum Gasteiger partial charge on any atom is -0.369 e. The van der Waals surface area contributed by atoms with Gasteiger partial charge in [0.2, 0.25) is 5.91 Å². The van der Waals surface area contributed by atoms with Gasteiger partial charge in [-0.2, -0.15) is 0 Å². The van der Waals surface area contributed by atoms with Crippen molar-refractivity contribution in [3.05, 3.63) is 58.6 Å². The van der Waals surface area contributed by atoms with E-state index in [-0.39, 0.29) is 18.4 Å². The molecule has 0 spiro atoms. The summed E-state index contributed by atoms with van der Waals surface area (Å²) >= 11 is 3.32. The molecule has 0 radical (unpaired) electrons. The Labute approximate surface area is 162 Å². The van der Waals surface area contributed by atoms with Crippen LogP contribution >= 0.6 is 15.9 Å². The Morgan fingerprint density at radius 2 is 1.81 bits per heavy atom. The van der Waals surface area contributed by atoms with Crippen LogP contribution in [0.2, 0.25) is 0 Å². The SMILES string of the molecule is CCN(c1ccc(NC(=O)CNC(=O)c2cccc(Br)c2)cc1)C(C)C. The Bertz CT molecular complexity index is 760. The van der Waals surface area contributed by atoms with Crippen LogP contribution in [-0.4, -0.2) is 30.9 Å². The predicted molar refractivity (Wildman–Crippen MR) is 110 cm³/mol. The normalized spacial score (nSPS) is 10.5. The van der Waals surface area contributed by atoms with Gasteiger partial charge in [-0.25, -0.2) is 0 Å². The fourth-order valence-electron chi connectivity index (χ4n) is 2.68. The quantitative estimate of drug-likeness (QED) is 0.713. The molecule has 0 aliphatic carbocycles. The Kier molecular flexibility index (Phi) is 7.21. The average molecular weight is 418 g/mol. The highest BCUT2D eigenvalue weighted by Gasteiger charge is 2.10. The number of carbonyl (C=O) groups excluding carboxylic acids is 2. The number of rotatable bonds is 7. The summed E-state index contributed by atoms with van der Waals surface area (Å²) in [6.45, 7) is 7.25. The molecule has 2 aromatic rings. The van der Waals surface area contributed by atoms with E-state index >= 15 is 0 Å². The lowest BCUT2D eigenvalue weighted by Gasteiger charge is -2.27.